The third kappa shape index (κ3) is 3.79. The van der Waals surface area contributed by atoms with E-state index in [9.17, 15) is 10.1 Å². The molecule has 0 aliphatic heterocycles. The van der Waals surface area contributed by atoms with E-state index < -0.39 is 6.04 Å². The molecule has 0 bridgehead atoms. The lowest BCUT2D eigenvalue weighted by atomic mass is 10.1. The standard InChI is InChI=1S/C22H18ClN7O/c1-12-6-8-15(9-7-12)30-20(28-17-5-3-4-16(23)18(17)21(30)31)13(2)27-19-14(10-24)11-26-22(25)29-19/h3-9,11,13H,1-2H3,(H3,25,26,27,29). The van der Waals surface area contributed by atoms with Gasteiger partial charge in [0.1, 0.15) is 23.3 Å². The molecule has 1 unspecified atom stereocenters. The summed E-state index contributed by atoms with van der Waals surface area (Å²) in [5, 5.41) is 13.2. The lowest BCUT2D eigenvalue weighted by Crippen LogP contribution is -2.27. The molecule has 0 amide bonds. The second-order valence-electron chi connectivity index (χ2n) is 7.05. The fourth-order valence-electron chi connectivity index (χ4n) is 3.30. The number of nitriles is 1. The summed E-state index contributed by atoms with van der Waals surface area (Å²) in [5.74, 6) is 0.728. The first-order valence-electron chi connectivity index (χ1n) is 9.46. The van der Waals surface area contributed by atoms with Gasteiger partial charge < -0.3 is 11.1 Å². The van der Waals surface area contributed by atoms with Crippen LogP contribution in [0.15, 0.2) is 53.5 Å². The second kappa shape index (κ2) is 8.05. The van der Waals surface area contributed by atoms with E-state index in [-0.39, 0.29) is 22.9 Å². The monoisotopic (exact) mass is 431 g/mol. The predicted octanol–water partition coefficient (Wildman–Crippen LogP) is 3.76. The molecule has 0 saturated heterocycles. The number of hydrogen-bond donors (Lipinski definition) is 2. The zero-order chi connectivity index (χ0) is 22.1. The smallest absolute Gasteiger partial charge is 0.267 e. The highest BCUT2D eigenvalue weighted by molar-refractivity contribution is 6.35. The highest BCUT2D eigenvalue weighted by atomic mass is 35.5. The molecule has 0 radical (unpaired) electrons. The topological polar surface area (TPSA) is 123 Å². The van der Waals surface area contributed by atoms with Crippen molar-refractivity contribution in [1.82, 2.24) is 19.5 Å². The highest BCUT2D eigenvalue weighted by Gasteiger charge is 2.20. The van der Waals surface area contributed by atoms with Crippen molar-refractivity contribution in [2.75, 3.05) is 11.1 Å². The van der Waals surface area contributed by atoms with E-state index in [1.165, 1.54) is 10.8 Å². The van der Waals surface area contributed by atoms with Gasteiger partial charge in [-0.25, -0.2) is 9.97 Å². The van der Waals surface area contributed by atoms with Crippen molar-refractivity contribution in [2.24, 2.45) is 0 Å². The van der Waals surface area contributed by atoms with Crippen LogP contribution >= 0.6 is 11.6 Å². The molecule has 31 heavy (non-hydrogen) atoms. The first kappa shape index (κ1) is 20.3. The Bertz CT molecular complexity index is 1390. The van der Waals surface area contributed by atoms with Crippen LogP contribution < -0.4 is 16.6 Å². The van der Waals surface area contributed by atoms with Crippen molar-refractivity contribution < 1.29 is 0 Å². The Morgan fingerprint density at radius 2 is 1.94 bits per heavy atom. The number of fused-ring (bicyclic) bond motifs is 1. The Kier molecular flexibility index (Phi) is 5.28. The second-order valence-corrected chi connectivity index (χ2v) is 7.46. The van der Waals surface area contributed by atoms with Crippen LogP contribution in [-0.2, 0) is 0 Å². The molecule has 0 aliphatic rings. The zero-order valence-electron chi connectivity index (χ0n) is 16.8. The molecule has 0 saturated carbocycles. The summed E-state index contributed by atoms with van der Waals surface area (Å²) < 4.78 is 1.52. The van der Waals surface area contributed by atoms with E-state index >= 15 is 0 Å². The molecule has 2 heterocycles. The molecule has 4 aromatic rings. The molecule has 2 aromatic carbocycles. The van der Waals surface area contributed by atoms with Gasteiger partial charge in [0.25, 0.3) is 5.56 Å². The lowest BCUT2D eigenvalue weighted by Gasteiger charge is -2.20. The van der Waals surface area contributed by atoms with Gasteiger partial charge in [0, 0.05) is 0 Å². The molecule has 154 valence electrons. The maximum atomic E-state index is 13.5. The number of nitrogens with two attached hydrogens (primary N) is 1. The maximum Gasteiger partial charge on any atom is 0.267 e. The van der Waals surface area contributed by atoms with Crippen molar-refractivity contribution in [2.45, 2.75) is 19.9 Å². The number of nitrogens with zero attached hydrogens (tertiary/aromatic N) is 5. The molecule has 3 N–H and O–H groups in total. The molecular weight excluding hydrogens is 414 g/mol. The molecular formula is C22H18ClN7O. The summed E-state index contributed by atoms with van der Waals surface area (Å²) in [4.78, 5) is 26.2. The van der Waals surface area contributed by atoms with Crippen LogP contribution in [0.3, 0.4) is 0 Å². The minimum Gasteiger partial charge on any atom is -0.368 e. The number of nitrogens with one attached hydrogen (secondary N) is 1. The number of rotatable bonds is 4. The third-order valence-electron chi connectivity index (χ3n) is 4.83. The van der Waals surface area contributed by atoms with E-state index in [1.807, 2.05) is 44.2 Å². The summed E-state index contributed by atoms with van der Waals surface area (Å²) in [5.41, 5.74) is 7.82. The minimum absolute atomic E-state index is 0.0304. The number of benzene rings is 2. The van der Waals surface area contributed by atoms with E-state index in [4.69, 9.17) is 22.3 Å². The van der Waals surface area contributed by atoms with Gasteiger partial charge >= 0.3 is 0 Å². The first-order valence-corrected chi connectivity index (χ1v) is 9.84. The van der Waals surface area contributed by atoms with Gasteiger partial charge in [-0.05, 0) is 38.1 Å². The minimum atomic E-state index is -0.501. The first-order chi connectivity index (χ1) is 14.9. The van der Waals surface area contributed by atoms with E-state index in [1.54, 1.807) is 18.2 Å². The van der Waals surface area contributed by atoms with E-state index in [2.05, 4.69) is 15.3 Å². The highest BCUT2D eigenvalue weighted by Crippen LogP contribution is 2.25. The number of nitrogen functional groups attached to an aromatic ring is 1. The zero-order valence-corrected chi connectivity index (χ0v) is 17.6. The number of aryl methyl sites for hydroxylation is 1. The molecule has 4 rings (SSSR count). The molecule has 9 heteroatoms. The van der Waals surface area contributed by atoms with Gasteiger partial charge in [-0.1, -0.05) is 35.4 Å². The fourth-order valence-corrected chi connectivity index (χ4v) is 3.55. The van der Waals surface area contributed by atoms with Crippen LogP contribution in [0.4, 0.5) is 11.8 Å². The van der Waals surface area contributed by atoms with Crippen molar-refractivity contribution in [3.63, 3.8) is 0 Å². The van der Waals surface area contributed by atoms with Crippen LogP contribution in [0.25, 0.3) is 16.6 Å². The van der Waals surface area contributed by atoms with Crippen molar-refractivity contribution in [3.05, 3.63) is 81.0 Å². The maximum absolute atomic E-state index is 13.5. The largest absolute Gasteiger partial charge is 0.368 e. The average molecular weight is 432 g/mol. The number of aromatic nitrogens is 4. The molecule has 0 spiro atoms. The molecule has 0 aliphatic carbocycles. The van der Waals surface area contributed by atoms with Crippen molar-refractivity contribution in [3.8, 4) is 11.8 Å². The predicted molar refractivity (Wildman–Crippen MR) is 120 cm³/mol. The quantitative estimate of drug-likeness (QED) is 0.504. The summed E-state index contributed by atoms with van der Waals surface area (Å²) in [6.45, 7) is 3.79. The van der Waals surface area contributed by atoms with Crippen molar-refractivity contribution in [1.29, 1.82) is 5.26 Å². The van der Waals surface area contributed by atoms with Gasteiger partial charge in [-0.3, -0.25) is 9.36 Å². The van der Waals surface area contributed by atoms with Gasteiger partial charge in [0.05, 0.1) is 33.9 Å². The Morgan fingerprint density at radius 1 is 1.19 bits per heavy atom. The number of hydrogen-bond acceptors (Lipinski definition) is 7. The van der Waals surface area contributed by atoms with Crippen LogP contribution in [0.1, 0.15) is 29.9 Å². The molecule has 1 atom stereocenters. The molecule has 2 aromatic heterocycles. The average Bonchev–Trinajstić information content (AvgIpc) is 2.74. The SMILES string of the molecule is Cc1ccc(-n2c(C(C)Nc3nc(N)ncc3C#N)nc3cccc(Cl)c3c2=O)cc1. The van der Waals surface area contributed by atoms with Gasteiger partial charge in [0.15, 0.2) is 0 Å². The number of anilines is 2. The third-order valence-corrected chi connectivity index (χ3v) is 5.15. The van der Waals surface area contributed by atoms with Crippen molar-refractivity contribution >= 4 is 34.3 Å². The van der Waals surface area contributed by atoms with Crippen LogP contribution in [-0.4, -0.2) is 19.5 Å². The Labute approximate surface area is 183 Å². The fraction of sp³-hybridized carbons (Fsp3) is 0.136. The normalized spacial score (nSPS) is 11.8. The van der Waals surface area contributed by atoms with Gasteiger partial charge in [-0.2, -0.15) is 10.2 Å². The van der Waals surface area contributed by atoms with E-state index in [0.717, 1.165) is 5.56 Å². The Balaban J connectivity index is 1.93. The summed E-state index contributed by atoms with van der Waals surface area (Å²) in [6.07, 6.45) is 1.35. The van der Waals surface area contributed by atoms with E-state index in [0.29, 0.717) is 27.4 Å². The lowest BCUT2D eigenvalue weighted by molar-refractivity contribution is 0.730. The van der Waals surface area contributed by atoms with Crippen LogP contribution in [0.2, 0.25) is 5.02 Å². The molecule has 0 fully saturated rings. The van der Waals surface area contributed by atoms with Gasteiger partial charge in [-0.15, -0.1) is 0 Å². The molecule has 8 nitrogen and oxygen atoms in total. The number of halogens is 1. The Morgan fingerprint density at radius 3 is 2.65 bits per heavy atom. The van der Waals surface area contributed by atoms with Gasteiger partial charge in [0.2, 0.25) is 5.95 Å². The van der Waals surface area contributed by atoms with Crippen LogP contribution in [0, 0.1) is 18.3 Å². The summed E-state index contributed by atoms with van der Waals surface area (Å²) in [6, 6.07) is 14.2. The summed E-state index contributed by atoms with van der Waals surface area (Å²) >= 11 is 6.33. The summed E-state index contributed by atoms with van der Waals surface area (Å²) in [7, 11) is 0. The van der Waals surface area contributed by atoms with Crippen LogP contribution in [0.5, 0.6) is 0 Å². The Hall–Kier alpha value is -3.96.